The Bertz CT molecular complexity index is 462. The molecule has 5 heteroatoms. The maximum absolute atomic E-state index is 6.01. The molecule has 1 aliphatic heterocycles. The Morgan fingerprint density at radius 2 is 2.33 bits per heavy atom. The van der Waals surface area contributed by atoms with Gasteiger partial charge in [0, 0.05) is 37.8 Å². The second-order valence-corrected chi connectivity index (χ2v) is 4.87. The first-order valence-corrected chi connectivity index (χ1v) is 6.24. The smallest absolute Gasteiger partial charge is 0.139 e. The van der Waals surface area contributed by atoms with Crippen LogP contribution in [0.2, 0.25) is 5.02 Å². The van der Waals surface area contributed by atoms with E-state index in [2.05, 4.69) is 16.3 Å². The van der Waals surface area contributed by atoms with Crippen molar-refractivity contribution in [2.24, 2.45) is 11.7 Å². The van der Waals surface area contributed by atoms with E-state index in [0.717, 1.165) is 24.6 Å². The monoisotopic (exact) mass is 267 g/mol. The molecule has 98 valence electrons. The number of ether oxygens (including phenoxy) is 1. The molecule has 2 rings (SSSR count). The summed E-state index contributed by atoms with van der Waals surface area (Å²) in [6.07, 6.45) is 2.06. The molecule has 0 saturated carbocycles. The van der Waals surface area contributed by atoms with Crippen molar-refractivity contribution in [3.8, 4) is 5.75 Å². The summed E-state index contributed by atoms with van der Waals surface area (Å²) in [5.41, 5.74) is 6.78. The highest BCUT2D eigenvalue weighted by Gasteiger charge is 2.16. The molecule has 0 saturated heterocycles. The van der Waals surface area contributed by atoms with Crippen molar-refractivity contribution in [2.75, 3.05) is 32.1 Å². The topological polar surface area (TPSA) is 50.5 Å². The summed E-state index contributed by atoms with van der Waals surface area (Å²) in [4.78, 5) is 2.17. The normalized spacial score (nSPS) is 18.2. The van der Waals surface area contributed by atoms with Gasteiger partial charge < -0.3 is 20.7 Å². The van der Waals surface area contributed by atoms with Gasteiger partial charge in [-0.25, -0.2) is 0 Å². The van der Waals surface area contributed by atoms with Gasteiger partial charge in [-0.1, -0.05) is 11.6 Å². The van der Waals surface area contributed by atoms with E-state index in [4.69, 9.17) is 22.1 Å². The molecule has 1 heterocycles. The Morgan fingerprint density at radius 1 is 1.56 bits per heavy atom. The second-order valence-electron chi connectivity index (χ2n) is 4.46. The van der Waals surface area contributed by atoms with Crippen LogP contribution in [-0.2, 0) is 0 Å². The number of nitrogens with zero attached hydrogens (tertiary/aromatic N) is 1. The van der Waals surface area contributed by atoms with Crippen LogP contribution in [-0.4, -0.2) is 27.2 Å². The fourth-order valence-corrected chi connectivity index (χ4v) is 2.28. The van der Waals surface area contributed by atoms with Gasteiger partial charge in [0.1, 0.15) is 5.75 Å². The standard InChI is InChI=1S/C13H18ClN3O/c1-17(8-9-5-13(15)16-7-9)10-3-4-11(14)12(6-10)18-2/h3-6,9,16H,7-8,15H2,1-2H3/t9-/m1/s1. The Hall–Kier alpha value is -1.55. The molecular formula is C13H18ClN3O. The lowest BCUT2D eigenvalue weighted by molar-refractivity contribution is 0.415. The van der Waals surface area contributed by atoms with Crippen molar-refractivity contribution >= 4 is 17.3 Å². The van der Waals surface area contributed by atoms with Crippen molar-refractivity contribution in [1.29, 1.82) is 0 Å². The van der Waals surface area contributed by atoms with Gasteiger partial charge in [-0.3, -0.25) is 0 Å². The Kier molecular flexibility index (Phi) is 3.87. The number of nitrogens with one attached hydrogen (secondary N) is 1. The van der Waals surface area contributed by atoms with Crippen LogP contribution in [0.3, 0.4) is 0 Å². The van der Waals surface area contributed by atoms with Gasteiger partial charge in [-0.05, 0) is 18.2 Å². The van der Waals surface area contributed by atoms with Crippen LogP contribution in [0.1, 0.15) is 0 Å². The lowest BCUT2D eigenvalue weighted by Gasteiger charge is -2.22. The van der Waals surface area contributed by atoms with Gasteiger partial charge >= 0.3 is 0 Å². The molecule has 3 N–H and O–H groups in total. The predicted molar refractivity (Wildman–Crippen MR) is 75.0 cm³/mol. The molecule has 0 spiro atoms. The summed E-state index contributed by atoms with van der Waals surface area (Å²) < 4.78 is 5.22. The van der Waals surface area contributed by atoms with Crippen molar-refractivity contribution in [3.63, 3.8) is 0 Å². The van der Waals surface area contributed by atoms with E-state index >= 15 is 0 Å². The molecule has 0 radical (unpaired) electrons. The number of hydrogen-bond donors (Lipinski definition) is 2. The average molecular weight is 268 g/mol. The molecule has 1 atom stereocenters. The highest BCUT2D eigenvalue weighted by Crippen LogP contribution is 2.29. The Balaban J connectivity index is 2.06. The fourth-order valence-electron chi connectivity index (χ4n) is 2.08. The summed E-state index contributed by atoms with van der Waals surface area (Å²) in [6, 6.07) is 5.78. The van der Waals surface area contributed by atoms with Crippen LogP contribution in [0.5, 0.6) is 5.75 Å². The first-order valence-electron chi connectivity index (χ1n) is 5.86. The molecule has 1 aliphatic rings. The highest BCUT2D eigenvalue weighted by molar-refractivity contribution is 6.32. The van der Waals surface area contributed by atoms with E-state index in [1.165, 1.54) is 0 Å². The van der Waals surface area contributed by atoms with Crippen LogP contribution < -0.4 is 20.7 Å². The number of halogens is 1. The van der Waals surface area contributed by atoms with Gasteiger partial charge in [0.2, 0.25) is 0 Å². The summed E-state index contributed by atoms with van der Waals surface area (Å²) >= 11 is 6.01. The van der Waals surface area contributed by atoms with E-state index in [0.29, 0.717) is 16.7 Å². The van der Waals surface area contributed by atoms with Crippen molar-refractivity contribution in [3.05, 3.63) is 35.1 Å². The Labute approximate surface area is 112 Å². The zero-order chi connectivity index (χ0) is 13.1. The zero-order valence-corrected chi connectivity index (χ0v) is 11.4. The van der Waals surface area contributed by atoms with Crippen LogP contribution in [0.25, 0.3) is 0 Å². The Morgan fingerprint density at radius 3 is 2.94 bits per heavy atom. The molecule has 0 amide bonds. The zero-order valence-electron chi connectivity index (χ0n) is 10.6. The lowest BCUT2D eigenvalue weighted by atomic mass is 10.1. The van der Waals surface area contributed by atoms with Crippen molar-refractivity contribution < 1.29 is 4.74 Å². The summed E-state index contributed by atoms with van der Waals surface area (Å²) in [5, 5.41) is 3.75. The molecule has 18 heavy (non-hydrogen) atoms. The van der Waals surface area contributed by atoms with Gasteiger partial charge in [0.15, 0.2) is 0 Å². The lowest BCUT2D eigenvalue weighted by Crippen LogP contribution is -2.27. The summed E-state index contributed by atoms with van der Waals surface area (Å²) in [7, 11) is 3.67. The minimum atomic E-state index is 0.427. The van der Waals surface area contributed by atoms with Gasteiger partial charge in [-0.2, -0.15) is 0 Å². The fraction of sp³-hybridized carbons (Fsp3) is 0.385. The van der Waals surface area contributed by atoms with E-state index in [1.54, 1.807) is 7.11 Å². The predicted octanol–water partition coefficient (Wildman–Crippen LogP) is 1.80. The molecule has 0 bridgehead atoms. The number of methoxy groups -OCH3 is 1. The third kappa shape index (κ3) is 2.82. The van der Waals surface area contributed by atoms with E-state index in [9.17, 15) is 0 Å². The van der Waals surface area contributed by atoms with E-state index in [-0.39, 0.29) is 0 Å². The highest BCUT2D eigenvalue weighted by atomic mass is 35.5. The number of anilines is 1. The van der Waals surface area contributed by atoms with Gasteiger partial charge in [-0.15, -0.1) is 0 Å². The van der Waals surface area contributed by atoms with Gasteiger partial charge in [0.25, 0.3) is 0 Å². The minimum Gasteiger partial charge on any atom is -0.495 e. The molecular weight excluding hydrogens is 250 g/mol. The maximum atomic E-state index is 6.01. The largest absolute Gasteiger partial charge is 0.495 e. The van der Waals surface area contributed by atoms with Crippen molar-refractivity contribution in [2.45, 2.75) is 0 Å². The number of benzene rings is 1. The van der Waals surface area contributed by atoms with Gasteiger partial charge in [0.05, 0.1) is 18.0 Å². The van der Waals surface area contributed by atoms with Crippen LogP contribution >= 0.6 is 11.6 Å². The van der Waals surface area contributed by atoms with Crippen LogP contribution in [0.15, 0.2) is 30.1 Å². The van der Waals surface area contributed by atoms with E-state index < -0.39 is 0 Å². The summed E-state index contributed by atoms with van der Waals surface area (Å²) in [5.74, 6) is 1.89. The SMILES string of the molecule is COc1cc(N(C)C[C@@H]2C=C(N)NC2)ccc1Cl. The van der Waals surface area contributed by atoms with Crippen LogP contribution in [0, 0.1) is 5.92 Å². The summed E-state index contributed by atoms with van der Waals surface area (Å²) in [6.45, 7) is 1.79. The maximum Gasteiger partial charge on any atom is 0.139 e. The van der Waals surface area contributed by atoms with E-state index in [1.807, 2.05) is 25.2 Å². The molecule has 0 aromatic heterocycles. The molecule has 1 aromatic carbocycles. The van der Waals surface area contributed by atoms with Crippen LogP contribution in [0.4, 0.5) is 5.69 Å². The molecule has 0 aliphatic carbocycles. The van der Waals surface area contributed by atoms with Crippen molar-refractivity contribution in [1.82, 2.24) is 5.32 Å². The minimum absolute atomic E-state index is 0.427. The third-order valence-corrected chi connectivity index (χ3v) is 3.38. The molecule has 1 aromatic rings. The average Bonchev–Trinajstić information content (AvgIpc) is 2.75. The molecule has 4 nitrogen and oxygen atoms in total. The number of hydrogen-bond acceptors (Lipinski definition) is 4. The number of nitrogens with two attached hydrogens (primary N) is 1. The second kappa shape index (κ2) is 5.40. The molecule has 0 fully saturated rings. The first kappa shape index (κ1) is 12.9. The number of rotatable bonds is 4. The quantitative estimate of drug-likeness (QED) is 0.874. The molecule has 0 unspecified atom stereocenters. The first-order chi connectivity index (χ1) is 8.60. The third-order valence-electron chi connectivity index (χ3n) is 3.07.